The minimum atomic E-state index is -0.340. The zero-order valence-electron chi connectivity index (χ0n) is 20.2. The van der Waals surface area contributed by atoms with Gasteiger partial charge in [-0.2, -0.15) is 0 Å². The van der Waals surface area contributed by atoms with Gasteiger partial charge in [-0.3, -0.25) is 14.4 Å². The second kappa shape index (κ2) is 11.5. The highest BCUT2D eigenvalue weighted by Gasteiger charge is 2.18. The number of H-pyrrole nitrogens is 1. The van der Waals surface area contributed by atoms with Crippen molar-refractivity contribution in [3.05, 3.63) is 92.2 Å². The van der Waals surface area contributed by atoms with Crippen molar-refractivity contribution in [1.29, 1.82) is 0 Å². The maximum absolute atomic E-state index is 13.6. The van der Waals surface area contributed by atoms with Crippen molar-refractivity contribution in [2.24, 2.45) is 0 Å². The van der Waals surface area contributed by atoms with Crippen molar-refractivity contribution >= 4 is 46.0 Å². The van der Waals surface area contributed by atoms with Gasteiger partial charge in [-0.05, 0) is 60.2 Å². The first-order valence-electron chi connectivity index (χ1n) is 11.4. The van der Waals surface area contributed by atoms with Crippen molar-refractivity contribution < 1.29 is 14.3 Å². The number of carbonyl (C=O) groups excluding carboxylic acids is 2. The number of amides is 2. The van der Waals surface area contributed by atoms with E-state index >= 15 is 0 Å². The zero-order valence-corrected chi connectivity index (χ0v) is 21.7. The molecule has 0 radical (unpaired) electrons. The van der Waals surface area contributed by atoms with Crippen LogP contribution in [-0.4, -0.2) is 46.9 Å². The van der Waals surface area contributed by atoms with Crippen LogP contribution in [0.15, 0.2) is 65.5 Å². The van der Waals surface area contributed by atoms with Crippen LogP contribution in [0.5, 0.6) is 5.75 Å². The van der Waals surface area contributed by atoms with E-state index < -0.39 is 0 Å². The third kappa shape index (κ3) is 6.28. The number of fused-ring (bicyclic) bond motifs is 1. The van der Waals surface area contributed by atoms with Gasteiger partial charge in [0.1, 0.15) is 11.4 Å². The van der Waals surface area contributed by atoms with Crippen molar-refractivity contribution in [1.82, 2.24) is 20.2 Å². The van der Waals surface area contributed by atoms with Gasteiger partial charge >= 0.3 is 0 Å². The van der Waals surface area contributed by atoms with E-state index in [-0.39, 0.29) is 42.7 Å². The second-order valence-corrected chi connectivity index (χ2v) is 9.15. The maximum Gasteiger partial charge on any atom is 0.274 e. The summed E-state index contributed by atoms with van der Waals surface area (Å²) in [6.07, 6.45) is 0. The first kappa shape index (κ1) is 26.2. The number of methoxy groups -OCH3 is 1. The average Bonchev–Trinajstić information content (AvgIpc) is 2.89. The number of ether oxygens (including phenoxy) is 1. The molecule has 0 fully saturated rings. The molecule has 2 N–H and O–H groups in total. The van der Waals surface area contributed by atoms with Gasteiger partial charge in [0.25, 0.3) is 11.5 Å². The number of hydrogen-bond donors (Lipinski definition) is 2. The topological polar surface area (TPSA) is 104 Å². The molecule has 0 bridgehead atoms. The molecule has 2 amide bonds. The number of nitrogens with zero attached hydrogens (tertiary/aromatic N) is 2. The molecule has 1 aromatic heterocycles. The fourth-order valence-corrected chi connectivity index (χ4v) is 4.14. The smallest absolute Gasteiger partial charge is 0.274 e. The minimum absolute atomic E-state index is 0.188. The number of benzene rings is 3. The van der Waals surface area contributed by atoms with E-state index in [1.807, 2.05) is 0 Å². The lowest BCUT2D eigenvalue weighted by Gasteiger charge is -2.23. The molecule has 0 saturated carbocycles. The largest absolute Gasteiger partial charge is 0.497 e. The Balaban J connectivity index is 1.67. The van der Waals surface area contributed by atoms with Gasteiger partial charge in [-0.25, -0.2) is 4.98 Å². The molecule has 3 aromatic carbocycles. The molecule has 1 heterocycles. The summed E-state index contributed by atoms with van der Waals surface area (Å²) in [7, 11) is 1.57. The number of hydrogen-bond acceptors (Lipinski definition) is 5. The highest BCUT2D eigenvalue weighted by atomic mass is 35.5. The Morgan fingerprint density at radius 2 is 1.78 bits per heavy atom. The van der Waals surface area contributed by atoms with Gasteiger partial charge < -0.3 is 19.9 Å². The van der Waals surface area contributed by atoms with E-state index in [9.17, 15) is 14.4 Å². The number of halogens is 2. The van der Waals surface area contributed by atoms with Crippen LogP contribution in [0.1, 0.15) is 22.8 Å². The molecule has 37 heavy (non-hydrogen) atoms. The minimum Gasteiger partial charge on any atom is -0.497 e. The summed E-state index contributed by atoms with van der Waals surface area (Å²) in [4.78, 5) is 46.6. The Bertz CT molecular complexity index is 1520. The molecule has 4 aromatic rings. The number of aromatic amines is 1. The van der Waals surface area contributed by atoms with Crippen LogP contribution in [0, 0.1) is 0 Å². The normalized spacial score (nSPS) is 10.8. The third-order valence-corrected chi connectivity index (χ3v) is 6.44. The van der Waals surface area contributed by atoms with E-state index in [1.54, 1.807) is 72.7 Å². The Morgan fingerprint density at radius 1 is 1.03 bits per heavy atom. The highest BCUT2D eigenvalue weighted by Crippen LogP contribution is 2.24. The van der Waals surface area contributed by atoms with Crippen molar-refractivity contribution in [2.45, 2.75) is 13.5 Å². The van der Waals surface area contributed by atoms with Gasteiger partial charge in [0, 0.05) is 37.7 Å². The Kier molecular flexibility index (Phi) is 8.11. The summed E-state index contributed by atoms with van der Waals surface area (Å²) in [5.74, 6) is 0.208. The molecule has 190 valence electrons. The summed E-state index contributed by atoms with van der Waals surface area (Å²) >= 11 is 12.2. The summed E-state index contributed by atoms with van der Waals surface area (Å²) < 4.78 is 5.18. The molecule has 0 atom stereocenters. The summed E-state index contributed by atoms with van der Waals surface area (Å²) in [6, 6.07) is 17.1. The maximum atomic E-state index is 13.6. The molecule has 0 spiro atoms. The van der Waals surface area contributed by atoms with Gasteiger partial charge in [-0.15, -0.1) is 0 Å². The van der Waals surface area contributed by atoms with Crippen LogP contribution in [0.3, 0.4) is 0 Å². The molecular formula is C27H24Cl2N4O4. The summed E-state index contributed by atoms with van der Waals surface area (Å²) in [6.45, 7) is 2.22. The summed E-state index contributed by atoms with van der Waals surface area (Å²) in [5, 5.41) is 3.52. The lowest BCUT2D eigenvalue weighted by molar-refractivity contribution is -0.119. The van der Waals surface area contributed by atoms with Gasteiger partial charge in [0.15, 0.2) is 0 Å². The molecule has 0 aliphatic carbocycles. The molecular weight excluding hydrogens is 515 g/mol. The van der Waals surface area contributed by atoms with Crippen LogP contribution in [0.25, 0.3) is 22.3 Å². The number of nitrogens with one attached hydrogen (secondary N) is 2. The average molecular weight is 539 g/mol. The first-order valence-corrected chi connectivity index (χ1v) is 12.2. The molecule has 4 rings (SSSR count). The molecule has 0 aliphatic rings. The Morgan fingerprint density at radius 3 is 2.46 bits per heavy atom. The van der Waals surface area contributed by atoms with Crippen molar-refractivity contribution in [3.63, 3.8) is 0 Å². The van der Waals surface area contributed by atoms with Crippen LogP contribution in [0.2, 0.25) is 10.0 Å². The van der Waals surface area contributed by atoms with Crippen LogP contribution >= 0.6 is 23.2 Å². The summed E-state index contributed by atoms with van der Waals surface area (Å²) in [5.41, 5.74) is 2.66. The quantitative estimate of drug-likeness (QED) is 0.338. The lowest BCUT2D eigenvalue weighted by atomic mass is 10.1. The third-order valence-electron chi connectivity index (χ3n) is 5.70. The zero-order chi connectivity index (χ0) is 26.5. The number of carbonyl (C=O) groups is 2. The molecule has 0 saturated heterocycles. The number of aromatic nitrogens is 2. The molecule has 0 unspecified atom stereocenters. The second-order valence-electron chi connectivity index (χ2n) is 8.33. The van der Waals surface area contributed by atoms with E-state index in [0.29, 0.717) is 38.0 Å². The monoisotopic (exact) mass is 538 g/mol. The van der Waals surface area contributed by atoms with Gasteiger partial charge in [0.05, 0.1) is 28.2 Å². The van der Waals surface area contributed by atoms with E-state index in [2.05, 4.69) is 15.3 Å². The first-order chi connectivity index (χ1) is 17.7. The highest BCUT2D eigenvalue weighted by molar-refractivity contribution is 6.42. The molecule has 8 nitrogen and oxygen atoms in total. The fourth-order valence-electron chi connectivity index (χ4n) is 3.82. The molecule has 0 aliphatic heterocycles. The van der Waals surface area contributed by atoms with Crippen LogP contribution in [-0.2, 0) is 11.3 Å². The molecule has 10 heteroatoms. The van der Waals surface area contributed by atoms with Crippen LogP contribution < -0.4 is 15.6 Å². The fraction of sp³-hybridized carbons (Fsp3) is 0.185. The van der Waals surface area contributed by atoms with E-state index in [4.69, 9.17) is 27.9 Å². The predicted octanol–water partition coefficient (Wildman–Crippen LogP) is 4.68. The lowest BCUT2D eigenvalue weighted by Crippen LogP contribution is -2.37. The van der Waals surface area contributed by atoms with Crippen molar-refractivity contribution in [2.75, 3.05) is 20.2 Å². The standard InChI is InChI=1S/C27H24Cl2N4O4/c1-16(34)30-11-12-33(15-17-3-9-21(28)22(29)13-17)27(36)19-6-10-23-24(14-19)31-25(26(35)32-23)18-4-7-20(37-2)8-5-18/h3-10,13-14H,11-12,15H2,1-2H3,(H,30,34)(H,32,35). The Hall–Kier alpha value is -3.88. The van der Waals surface area contributed by atoms with E-state index in [1.165, 1.54) is 6.92 Å². The van der Waals surface area contributed by atoms with Crippen LogP contribution in [0.4, 0.5) is 0 Å². The van der Waals surface area contributed by atoms with Gasteiger partial charge in [0.2, 0.25) is 5.91 Å². The predicted molar refractivity (Wildman–Crippen MR) is 144 cm³/mol. The SMILES string of the molecule is COc1ccc(-c2nc3cc(C(=O)N(CCNC(C)=O)Cc4ccc(Cl)c(Cl)c4)ccc3[nH]c2=O)cc1. The van der Waals surface area contributed by atoms with Gasteiger partial charge in [-0.1, -0.05) is 29.3 Å². The Labute approximate surface area is 223 Å². The van der Waals surface area contributed by atoms with Crippen molar-refractivity contribution in [3.8, 4) is 17.0 Å². The van der Waals surface area contributed by atoms with E-state index in [0.717, 1.165) is 5.56 Å². The number of rotatable bonds is 8.